The van der Waals surface area contributed by atoms with Crippen LogP contribution in [0.4, 0.5) is 5.00 Å². The second-order valence-electron chi connectivity index (χ2n) is 2.82. The fraction of sp³-hybridized carbons (Fsp3) is 0.200. The second kappa shape index (κ2) is 5.77. The van der Waals surface area contributed by atoms with Crippen molar-refractivity contribution in [2.75, 3.05) is 6.61 Å². The molecule has 0 spiro atoms. The van der Waals surface area contributed by atoms with Gasteiger partial charge in [-0.2, -0.15) is 5.26 Å². The molecule has 0 aliphatic rings. The smallest absolute Gasteiger partial charge is 0.348 e. The molecule has 0 amide bonds. The van der Waals surface area contributed by atoms with Crippen molar-refractivity contribution in [2.45, 2.75) is 6.92 Å². The number of esters is 1. The van der Waals surface area contributed by atoms with E-state index in [1.165, 1.54) is 18.2 Å². The maximum Gasteiger partial charge on any atom is 0.348 e. The van der Waals surface area contributed by atoms with Crippen molar-refractivity contribution in [3.63, 3.8) is 0 Å². The third kappa shape index (κ3) is 3.39. The summed E-state index contributed by atoms with van der Waals surface area (Å²) in [6.45, 7) is 1.80. The molecule has 1 aromatic rings. The van der Waals surface area contributed by atoms with E-state index in [0.717, 1.165) is 11.3 Å². The first-order valence-electron chi connectivity index (χ1n) is 4.61. The number of nitriles is 1. The molecule has 0 atom stereocenters. The van der Waals surface area contributed by atoms with Crippen LogP contribution in [0.15, 0.2) is 17.7 Å². The number of nitro groups is 1. The van der Waals surface area contributed by atoms with E-state index in [0.29, 0.717) is 4.88 Å². The summed E-state index contributed by atoms with van der Waals surface area (Å²) < 4.78 is 4.66. The molecular weight excluding hydrogens is 244 g/mol. The zero-order chi connectivity index (χ0) is 12.8. The van der Waals surface area contributed by atoms with Crippen molar-refractivity contribution in [1.29, 1.82) is 5.26 Å². The lowest BCUT2D eigenvalue weighted by atomic mass is 10.2. The van der Waals surface area contributed by atoms with E-state index in [1.54, 1.807) is 13.0 Å². The minimum Gasteiger partial charge on any atom is -0.462 e. The highest BCUT2D eigenvalue weighted by Crippen LogP contribution is 2.25. The van der Waals surface area contributed by atoms with E-state index < -0.39 is 10.9 Å². The summed E-state index contributed by atoms with van der Waals surface area (Å²) in [4.78, 5) is 21.7. The summed E-state index contributed by atoms with van der Waals surface area (Å²) in [6.07, 6.45) is 1.27. The van der Waals surface area contributed by atoms with Crippen molar-refractivity contribution in [3.05, 3.63) is 32.7 Å². The number of carbonyl (C=O) groups excluding carboxylic acids is 1. The van der Waals surface area contributed by atoms with Gasteiger partial charge in [-0.3, -0.25) is 10.1 Å². The third-order valence-electron chi connectivity index (χ3n) is 1.69. The van der Waals surface area contributed by atoms with E-state index in [-0.39, 0.29) is 17.2 Å². The summed E-state index contributed by atoms with van der Waals surface area (Å²) in [5.74, 6) is -0.731. The summed E-state index contributed by atoms with van der Waals surface area (Å²) >= 11 is 0.886. The summed E-state index contributed by atoms with van der Waals surface area (Å²) in [5.41, 5.74) is -0.177. The van der Waals surface area contributed by atoms with Gasteiger partial charge in [0.25, 0.3) is 0 Å². The normalized spacial score (nSPS) is 10.7. The minimum atomic E-state index is -0.731. The van der Waals surface area contributed by atoms with Crippen LogP contribution in [0.2, 0.25) is 0 Å². The number of thiophene rings is 1. The van der Waals surface area contributed by atoms with Crippen molar-refractivity contribution in [3.8, 4) is 6.07 Å². The van der Waals surface area contributed by atoms with Gasteiger partial charge in [-0.25, -0.2) is 4.79 Å². The van der Waals surface area contributed by atoms with Gasteiger partial charge in [0.2, 0.25) is 0 Å². The summed E-state index contributed by atoms with van der Waals surface area (Å²) in [7, 11) is 0. The zero-order valence-corrected chi connectivity index (χ0v) is 9.69. The lowest BCUT2D eigenvalue weighted by molar-refractivity contribution is -0.380. The molecule has 0 bridgehead atoms. The number of ether oxygens (including phenoxy) is 1. The van der Waals surface area contributed by atoms with Crippen molar-refractivity contribution >= 4 is 28.4 Å². The maximum atomic E-state index is 11.3. The molecule has 0 aromatic carbocycles. The SMILES string of the molecule is CCOC(=O)/C(C#N)=C/c1ccc([N+](=O)[O-])s1. The van der Waals surface area contributed by atoms with Crippen LogP contribution in [-0.2, 0) is 9.53 Å². The van der Waals surface area contributed by atoms with Crippen LogP contribution < -0.4 is 0 Å². The van der Waals surface area contributed by atoms with E-state index in [2.05, 4.69) is 4.74 Å². The molecule has 88 valence electrons. The Balaban J connectivity index is 2.95. The van der Waals surface area contributed by atoms with Gasteiger partial charge >= 0.3 is 11.0 Å². The molecule has 6 nitrogen and oxygen atoms in total. The van der Waals surface area contributed by atoms with Gasteiger partial charge in [0, 0.05) is 10.9 Å². The van der Waals surface area contributed by atoms with Gasteiger partial charge in [-0.1, -0.05) is 11.3 Å². The first kappa shape index (κ1) is 12.9. The Kier molecular flexibility index (Phi) is 4.37. The Labute approximate surface area is 101 Å². The Bertz CT molecular complexity index is 513. The van der Waals surface area contributed by atoms with Crippen LogP contribution in [0.3, 0.4) is 0 Å². The van der Waals surface area contributed by atoms with Crippen LogP contribution in [0.1, 0.15) is 11.8 Å². The molecule has 0 N–H and O–H groups in total. The highest BCUT2D eigenvalue weighted by Gasteiger charge is 2.13. The number of rotatable bonds is 4. The quantitative estimate of drug-likeness (QED) is 0.269. The lowest BCUT2D eigenvalue weighted by Crippen LogP contribution is -2.05. The molecule has 0 aliphatic heterocycles. The number of hydrogen-bond donors (Lipinski definition) is 0. The molecule has 1 aromatic heterocycles. The molecule has 1 rings (SSSR count). The molecular formula is C10H8N2O4S. The molecule has 0 radical (unpaired) electrons. The minimum absolute atomic E-state index is 0.0441. The van der Waals surface area contributed by atoms with Gasteiger partial charge in [0.1, 0.15) is 11.6 Å². The van der Waals surface area contributed by atoms with Crippen LogP contribution in [-0.4, -0.2) is 17.5 Å². The molecule has 7 heteroatoms. The van der Waals surface area contributed by atoms with Gasteiger partial charge in [-0.05, 0) is 19.1 Å². The van der Waals surface area contributed by atoms with Gasteiger partial charge in [-0.15, -0.1) is 0 Å². The molecule has 0 fully saturated rings. The molecule has 17 heavy (non-hydrogen) atoms. The third-order valence-corrected chi connectivity index (χ3v) is 2.68. The van der Waals surface area contributed by atoms with E-state index >= 15 is 0 Å². The number of carbonyl (C=O) groups is 1. The zero-order valence-electron chi connectivity index (χ0n) is 8.87. The first-order valence-corrected chi connectivity index (χ1v) is 5.43. The topological polar surface area (TPSA) is 93.2 Å². The monoisotopic (exact) mass is 252 g/mol. The van der Waals surface area contributed by atoms with Gasteiger partial charge < -0.3 is 4.74 Å². The van der Waals surface area contributed by atoms with Crippen LogP contribution in [0.5, 0.6) is 0 Å². The average molecular weight is 252 g/mol. The average Bonchev–Trinajstić information content (AvgIpc) is 2.74. The molecule has 0 saturated carbocycles. The number of nitrogens with zero attached hydrogens (tertiary/aromatic N) is 2. The largest absolute Gasteiger partial charge is 0.462 e. The first-order chi connectivity index (χ1) is 8.08. The van der Waals surface area contributed by atoms with Gasteiger partial charge in [0.05, 0.1) is 11.5 Å². The molecule has 0 aliphatic carbocycles. The van der Waals surface area contributed by atoms with Crippen LogP contribution in [0.25, 0.3) is 6.08 Å². The maximum absolute atomic E-state index is 11.3. The van der Waals surface area contributed by atoms with Crippen LogP contribution in [0, 0.1) is 21.4 Å². The van der Waals surface area contributed by atoms with E-state index in [1.807, 2.05) is 0 Å². The Morgan fingerprint density at radius 1 is 1.71 bits per heavy atom. The Hall–Kier alpha value is -2.20. The molecule has 0 saturated heterocycles. The summed E-state index contributed by atoms with van der Waals surface area (Å²) in [6, 6.07) is 4.48. The van der Waals surface area contributed by atoms with E-state index in [9.17, 15) is 14.9 Å². The van der Waals surface area contributed by atoms with E-state index in [4.69, 9.17) is 5.26 Å². The fourth-order valence-electron chi connectivity index (χ4n) is 1.01. The molecule has 0 unspecified atom stereocenters. The van der Waals surface area contributed by atoms with Crippen molar-refractivity contribution < 1.29 is 14.5 Å². The summed E-state index contributed by atoms with van der Waals surface area (Å²) in [5, 5.41) is 19.2. The van der Waals surface area contributed by atoms with Gasteiger partial charge in [0.15, 0.2) is 0 Å². The van der Waals surface area contributed by atoms with Crippen molar-refractivity contribution in [2.24, 2.45) is 0 Å². The van der Waals surface area contributed by atoms with Crippen molar-refractivity contribution in [1.82, 2.24) is 0 Å². The highest BCUT2D eigenvalue weighted by molar-refractivity contribution is 7.16. The fourth-order valence-corrected chi connectivity index (χ4v) is 1.77. The predicted octanol–water partition coefficient (Wildman–Crippen LogP) is 2.13. The number of hydrogen-bond acceptors (Lipinski definition) is 6. The van der Waals surface area contributed by atoms with Crippen LogP contribution >= 0.6 is 11.3 Å². The Morgan fingerprint density at radius 2 is 2.41 bits per heavy atom. The lowest BCUT2D eigenvalue weighted by Gasteiger charge is -1.97. The highest BCUT2D eigenvalue weighted by atomic mass is 32.1. The standard InChI is InChI=1S/C10H8N2O4S/c1-2-16-10(13)7(6-11)5-8-3-4-9(17-8)12(14)15/h3-5H,2H2,1H3/b7-5+. The second-order valence-corrected chi connectivity index (χ2v) is 3.92. The molecule has 1 heterocycles. The Morgan fingerprint density at radius 3 is 2.88 bits per heavy atom. The predicted molar refractivity (Wildman–Crippen MR) is 61.2 cm³/mol.